The van der Waals surface area contributed by atoms with Gasteiger partial charge in [0, 0.05) is 5.88 Å². The van der Waals surface area contributed by atoms with Crippen LogP contribution in [0, 0.1) is 13.8 Å². The fraction of sp³-hybridized carbons (Fsp3) is 0.500. The van der Waals surface area contributed by atoms with E-state index >= 15 is 0 Å². The molecule has 0 heterocycles. The van der Waals surface area contributed by atoms with E-state index < -0.39 is 10.0 Å². The van der Waals surface area contributed by atoms with Crippen molar-refractivity contribution < 1.29 is 8.42 Å². The van der Waals surface area contributed by atoms with E-state index in [0.717, 1.165) is 17.5 Å². The number of aryl methyl sites for hydroxylation is 1. The fourth-order valence-corrected chi connectivity index (χ4v) is 2.90. The van der Waals surface area contributed by atoms with Gasteiger partial charge in [-0.15, -0.1) is 11.6 Å². The molecule has 1 aromatic rings. The average molecular weight is 276 g/mol. The van der Waals surface area contributed by atoms with Crippen LogP contribution in [0.5, 0.6) is 0 Å². The van der Waals surface area contributed by atoms with Gasteiger partial charge in [0.1, 0.15) is 0 Å². The molecule has 17 heavy (non-hydrogen) atoms. The zero-order valence-corrected chi connectivity index (χ0v) is 11.7. The lowest BCUT2D eigenvalue weighted by Gasteiger charge is -2.11. The first-order valence-electron chi connectivity index (χ1n) is 5.59. The van der Waals surface area contributed by atoms with Gasteiger partial charge in [-0.05, 0) is 43.9 Å². The van der Waals surface area contributed by atoms with Crippen LogP contribution in [0.3, 0.4) is 0 Å². The van der Waals surface area contributed by atoms with Gasteiger partial charge in [-0.1, -0.05) is 12.1 Å². The molecule has 96 valence electrons. The highest BCUT2D eigenvalue weighted by Crippen LogP contribution is 2.19. The summed E-state index contributed by atoms with van der Waals surface area (Å²) in [6.07, 6.45) is 1.30. The van der Waals surface area contributed by atoms with E-state index in [1.54, 1.807) is 6.07 Å². The zero-order valence-electron chi connectivity index (χ0n) is 10.2. The Hall–Kier alpha value is -0.740. The van der Waals surface area contributed by atoms with Crippen LogP contribution in [0.1, 0.15) is 24.0 Å². The molecule has 0 saturated heterocycles. The third-order valence-electron chi connectivity index (χ3n) is 2.67. The maximum absolute atomic E-state index is 11.8. The lowest BCUT2D eigenvalue weighted by atomic mass is 10.1. The van der Waals surface area contributed by atoms with Gasteiger partial charge in [-0.25, -0.2) is 8.42 Å². The fourth-order valence-electron chi connectivity index (χ4n) is 1.47. The number of benzene rings is 1. The number of hydrogen-bond donors (Lipinski definition) is 1. The quantitative estimate of drug-likeness (QED) is 0.641. The van der Waals surface area contributed by atoms with Gasteiger partial charge in [-0.2, -0.15) is 0 Å². The van der Waals surface area contributed by atoms with E-state index in [0.29, 0.717) is 18.0 Å². The molecular formula is C12H18ClNO2S. The summed E-state index contributed by atoms with van der Waals surface area (Å²) < 4.78 is 26.2. The molecule has 0 amide bonds. The second kappa shape index (κ2) is 6.26. The van der Waals surface area contributed by atoms with Crippen molar-refractivity contribution >= 4 is 27.3 Å². The summed E-state index contributed by atoms with van der Waals surface area (Å²) in [5.74, 6) is 0.617. The first kappa shape index (κ1) is 14.3. The highest BCUT2D eigenvalue weighted by Gasteiger charge is 2.11. The maximum Gasteiger partial charge on any atom is 0.232 e. The third kappa shape index (κ3) is 4.56. The topological polar surface area (TPSA) is 46.2 Å². The average Bonchev–Trinajstić information content (AvgIpc) is 2.25. The van der Waals surface area contributed by atoms with Crippen LogP contribution < -0.4 is 4.72 Å². The lowest BCUT2D eigenvalue weighted by Crippen LogP contribution is -2.17. The van der Waals surface area contributed by atoms with E-state index in [1.165, 1.54) is 0 Å². The molecular weight excluding hydrogens is 258 g/mol. The highest BCUT2D eigenvalue weighted by atomic mass is 35.5. The molecule has 3 nitrogen and oxygen atoms in total. The molecule has 0 aliphatic carbocycles. The Kier molecular flexibility index (Phi) is 5.28. The lowest BCUT2D eigenvalue weighted by molar-refractivity contribution is 0.598. The summed E-state index contributed by atoms with van der Waals surface area (Å²) in [4.78, 5) is 0. The predicted molar refractivity (Wildman–Crippen MR) is 73.3 cm³/mol. The smallest absolute Gasteiger partial charge is 0.232 e. The highest BCUT2D eigenvalue weighted by molar-refractivity contribution is 7.92. The van der Waals surface area contributed by atoms with Crippen molar-refractivity contribution in [3.8, 4) is 0 Å². The Morgan fingerprint density at radius 1 is 1.24 bits per heavy atom. The van der Waals surface area contributed by atoms with Gasteiger partial charge in [0.15, 0.2) is 0 Å². The summed E-state index contributed by atoms with van der Waals surface area (Å²) >= 11 is 5.52. The van der Waals surface area contributed by atoms with E-state index in [9.17, 15) is 8.42 Å². The summed E-state index contributed by atoms with van der Waals surface area (Å²) in [5, 5.41) is 0. The Morgan fingerprint density at radius 3 is 2.59 bits per heavy atom. The zero-order chi connectivity index (χ0) is 12.9. The molecule has 0 aromatic heterocycles. The minimum atomic E-state index is -3.25. The Balaban J connectivity index is 2.73. The number of anilines is 1. The van der Waals surface area contributed by atoms with Crippen molar-refractivity contribution in [1.82, 2.24) is 0 Å². The molecule has 0 atom stereocenters. The Bertz CT molecular complexity index is 471. The van der Waals surface area contributed by atoms with Gasteiger partial charge in [0.25, 0.3) is 0 Å². The summed E-state index contributed by atoms with van der Waals surface area (Å²) in [6.45, 7) is 3.87. The van der Waals surface area contributed by atoms with Gasteiger partial charge in [0.05, 0.1) is 11.4 Å². The van der Waals surface area contributed by atoms with Crippen LogP contribution in [-0.2, 0) is 10.0 Å². The van der Waals surface area contributed by atoms with Crippen LogP contribution in [0.25, 0.3) is 0 Å². The van der Waals surface area contributed by atoms with E-state index in [-0.39, 0.29) is 5.75 Å². The molecule has 0 unspecified atom stereocenters. The normalized spacial score (nSPS) is 11.5. The number of rotatable bonds is 6. The number of nitrogens with one attached hydrogen (secondary N) is 1. The van der Waals surface area contributed by atoms with Gasteiger partial charge >= 0.3 is 0 Å². The second-order valence-corrected chi connectivity index (χ2v) is 6.28. The second-order valence-electron chi connectivity index (χ2n) is 4.06. The van der Waals surface area contributed by atoms with E-state index in [2.05, 4.69) is 4.72 Å². The molecule has 0 saturated carbocycles. The molecule has 0 aliphatic heterocycles. The summed E-state index contributed by atoms with van der Waals surface area (Å²) in [5.41, 5.74) is 2.70. The van der Waals surface area contributed by atoms with Crippen LogP contribution in [-0.4, -0.2) is 20.1 Å². The Morgan fingerprint density at radius 2 is 1.94 bits per heavy atom. The number of hydrogen-bond acceptors (Lipinski definition) is 2. The monoisotopic (exact) mass is 275 g/mol. The van der Waals surface area contributed by atoms with Crippen molar-refractivity contribution in [3.05, 3.63) is 29.3 Å². The van der Waals surface area contributed by atoms with Gasteiger partial charge < -0.3 is 0 Å². The SMILES string of the molecule is Cc1cccc(NS(=O)(=O)CCCCCl)c1C. The van der Waals surface area contributed by atoms with Crippen molar-refractivity contribution in [2.24, 2.45) is 0 Å². The number of unbranched alkanes of at least 4 members (excludes halogenated alkanes) is 1. The minimum absolute atomic E-state index is 0.118. The molecule has 1 rings (SSSR count). The molecule has 0 fully saturated rings. The van der Waals surface area contributed by atoms with Crippen molar-refractivity contribution in [2.45, 2.75) is 26.7 Å². The molecule has 0 aliphatic rings. The maximum atomic E-state index is 11.8. The van der Waals surface area contributed by atoms with E-state index in [4.69, 9.17) is 11.6 Å². The standard InChI is InChI=1S/C12H18ClNO2S/c1-10-6-5-7-12(11(10)2)14-17(15,16)9-4-3-8-13/h5-7,14H,3-4,8-9H2,1-2H3. The summed E-state index contributed by atoms with van der Waals surface area (Å²) in [7, 11) is -3.25. The van der Waals surface area contributed by atoms with Crippen LogP contribution in [0.15, 0.2) is 18.2 Å². The first-order valence-corrected chi connectivity index (χ1v) is 7.77. The van der Waals surface area contributed by atoms with Crippen LogP contribution in [0.2, 0.25) is 0 Å². The molecule has 0 radical (unpaired) electrons. The molecule has 0 spiro atoms. The number of halogens is 1. The third-order valence-corrected chi connectivity index (χ3v) is 4.29. The largest absolute Gasteiger partial charge is 0.283 e. The van der Waals surface area contributed by atoms with Crippen molar-refractivity contribution in [1.29, 1.82) is 0 Å². The van der Waals surface area contributed by atoms with Gasteiger partial charge in [-0.3, -0.25) is 4.72 Å². The molecule has 1 aromatic carbocycles. The first-order chi connectivity index (χ1) is 7.96. The molecule has 1 N–H and O–H groups in total. The molecule has 0 bridgehead atoms. The molecule has 5 heteroatoms. The van der Waals surface area contributed by atoms with Crippen molar-refractivity contribution in [3.63, 3.8) is 0 Å². The van der Waals surface area contributed by atoms with Crippen LogP contribution >= 0.6 is 11.6 Å². The predicted octanol–water partition coefficient (Wildman–Crippen LogP) is 3.06. The van der Waals surface area contributed by atoms with Crippen LogP contribution in [0.4, 0.5) is 5.69 Å². The van der Waals surface area contributed by atoms with Crippen molar-refractivity contribution in [2.75, 3.05) is 16.4 Å². The van der Waals surface area contributed by atoms with E-state index in [1.807, 2.05) is 26.0 Å². The Labute approximate surface area is 108 Å². The number of sulfonamides is 1. The minimum Gasteiger partial charge on any atom is -0.283 e. The number of alkyl halides is 1. The summed E-state index contributed by atoms with van der Waals surface area (Å²) in [6, 6.07) is 5.58. The van der Waals surface area contributed by atoms with Gasteiger partial charge in [0.2, 0.25) is 10.0 Å².